The maximum absolute atomic E-state index is 13.5. The monoisotopic (exact) mass is 294 g/mol. The molecule has 21 heavy (non-hydrogen) atoms. The maximum atomic E-state index is 13.5. The van der Waals surface area contributed by atoms with Gasteiger partial charge in [0.15, 0.2) is 17.4 Å². The Balaban J connectivity index is 2.24. The van der Waals surface area contributed by atoms with Crippen LogP contribution in [0, 0.1) is 11.6 Å². The third-order valence-electron chi connectivity index (χ3n) is 3.08. The van der Waals surface area contributed by atoms with Crippen LogP contribution in [0.4, 0.5) is 8.78 Å². The summed E-state index contributed by atoms with van der Waals surface area (Å²) in [7, 11) is 1.49. The smallest absolute Gasteiger partial charge is 0.191 e. The molecular formula is C16H16F2O3. The van der Waals surface area contributed by atoms with E-state index in [2.05, 4.69) is 0 Å². The molecule has 0 aliphatic rings. The molecule has 1 N–H and O–H groups in total. The van der Waals surface area contributed by atoms with Crippen molar-refractivity contribution in [1.29, 1.82) is 0 Å². The minimum atomic E-state index is -0.763. The lowest BCUT2D eigenvalue weighted by Gasteiger charge is -2.14. The van der Waals surface area contributed by atoms with Gasteiger partial charge < -0.3 is 14.6 Å². The van der Waals surface area contributed by atoms with Gasteiger partial charge in [-0.15, -0.1) is 0 Å². The van der Waals surface area contributed by atoms with Gasteiger partial charge in [-0.25, -0.2) is 8.78 Å². The van der Waals surface area contributed by atoms with Gasteiger partial charge in [-0.05, 0) is 36.8 Å². The molecule has 0 aliphatic heterocycles. The van der Waals surface area contributed by atoms with Crippen molar-refractivity contribution in [3.05, 3.63) is 59.2 Å². The zero-order valence-electron chi connectivity index (χ0n) is 11.8. The van der Waals surface area contributed by atoms with Gasteiger partial charge >= 0.3 is 0 Å². The van der Waals surface area contributed by atoms with Crippen molar-refractivity contribution in [2.75, 3.05) is 7.11 Å². The Bertz CT molecular complexity index is 607. The van der Waals surface area contributed by atoms with E-state index in [0.717, 1.165) is 12.1 Å². The molecule has 0 aromatic heterocycles. The van der Waals surface area contributed by atoms with Gasteiger partial charge in [0.25, 0.3) is 0 Å². The molecule has 2 rings (SSSR count). The van der Waals surface area contributed by atoms with Crippen molar-refractivity contribution in [2.45, 2.75) is 19.6 Å². The second kappa shape index (κ2) is 6.54. The average Bonchev–Trinajstić information content (AvgIpc) is 2.46. The van der Waals surface area contributed by atoms with E-state index in [9.17, 15) is 13.9 Å². The van der Waals surface area contributed by atoms with Gasteiger partial charge in [-0.2, -0.15) is 0 Å². The summed E-state index contributed by atoms with van der Waals surface area (Å²) in [4.78, 5) is 0. The van der Waals surface area contributed by atoms with E-state index < -0.39 is 23.5 Å². The van der Waals surface area contributed by atoms with Gasteiger partial charge in [-0.1, -0.05) is 12.1 Å². The summed E-state index contributed by atoms with van der Waals surface area (Å²) in [6.45, 7) is 1.56. The fourth-order valence-corrected chi connectivity index (χ4v) is 1.94. The van der Waals surface area contributed by atoms with Crippen LogP contribution < -0.4 is 9.47 Å². The summed E-state index contributed by atoms with van der Waals surface area (Å²) in [5.41, 5.74) is 1.27. The fraction of sp³-hybridized carbons (Fsp3) is 0.250. The van der Waals surface area contributed by atoms with Gasteiger partial charge in [0.1, 0.15) is 12.4 Å². The summed E-state index contributed by atoms with van der Waals surface area (Å²) < 4.78 is 37.4. The zero-order chi connectivity index (χ0) is 15.4. The third kappa shape index (κ3) is 3.49. The summed E-state index contributed by atoms with van der Waals surface area (Å²) in [5, 5.41) is 9.58. The number of hydrogen-bond acceptors (Lipinski definition) is 3. The van der Waals surface area contributed by atoms with Crippen molar-refractivity contribution in [2.24, 2.45) is 0 Å². The molecule has 0 radical (unpaired) electrons. The molecule has 1 atom stereocenters. The molecule has 5 heteroatoms. The van der Waals surface area contributed by atoms with E-state index in [1.54, 1.807) is 25.1 Å². The molecule has 0 fully saturated rings. The molecule has 0 heterocycles. The molecule has 0 saturated heterocycles. The molecule has 0 amide bonds. The minimum absolute atomic E-state index is 0.0679. The quantitative estimate of drug-likeness (QED) is 0.915. The normalized spacial score (nSPS) is 12.0. The highest BCUT2D eigenvalue weighted by Crippen LogP contribution is 2.27. The Morgan fingerprint density at radius 3 is 2.38 bits per heavy atom. The first kappa shape index (κ1) is 15.3. The molecule has 2 aromatic rings. The molecular weight excluding hydrogens is 278 g/mol. The van der Waals surface area contributed by atoms with Crippen molar-refractivity contribution in [3.63, 3.8) is 0 Å². The van der Waals surface area contributed by atoms with Crippen LogP contribution in [0.2, 0.25) is 0 Å². The molecule has 0 spiro atoms. The van der Waals surface area contributed by atoms with Gasteiger partial charge in [-0.3, -0.25) is 0 Å². The van der Waals surface area contributed by atoms with E-state index >= 15 is 0 Å². The highest BCUT2D eigenvalue weighted by molar-refractivity contribution is 5.38. The molecule has 2 aromatic carbocycles. The molecule has 0 bridgehead atoms. The topological polar surface area (TPSA) is 38.7 Å². The highest BCUT2D eigenvalue weighted by atomic mass is 19.1. The van der Waals surface area contributed by atoms with Gasteiger partial charge in [0.05, 0.1) is 13.2 Å². The van der Waals surface area contributed by atoms with Crippen LogP contribution in [0.25, 0.3) is 0 Å². The summed E-state index contributed by atoms with van der Waals surface area (Å²) in [6.07, 6.45) is -0.653. The number of methoxy groups -OCH3 is 1. The SMILES string of the molecule is COc1ccc(C(C)O)cc1COc1c(F)cccc1F. The first-order valence-corrected chi connectivity index (χ1v) is 6.44. The lowest BCUT2D eigenvalue weighted by Crippen LogP contribution is -2.03. The van der Waals surface area contributed by atoms with E-state index in [-0.39, 0.29) is 6.61 Å². The summed E-state index contributed by atoms with van der Waals surface area (Å²) in [5.74, 6) is -1.43. The third-order valence-corrected chi connectivity index (χ3v) is 3.08. The highest BCUT2D eigenvalue weighted by Gasteiger charge is 2.13. The molecule has 0 saturated carbocycles. The lowest BCUT2D eigenvalue weighted by molar-refractivity contribution is 0.198. The van der Waals surface area contributed by atoms with E-state index in [1.807, 2.05) is 0 Å². The molecule has 1 unspecified atom stereocenters. The number of hydrogen-bond donors (Lipinski definition) is 1. The predicted octanol–water partition coefficient (Wildman–Crippen LogP) is 3.61. The Hall–Kier alpha value is -2.14. The Kier molecular flexibility index (Phi) is 4.75. The standard InChI is InChI=1S/C16H16F2O3/c1-10(19)11-6-7-15(20-2)12(8-11)9-21-16-13(17)4-3-5-14(16)18/h3-8,10,19H,9H2,1-2H3. The average molecular weight is 294 g/mol. The van der Waals surface area contributed by atoms with Crippen molar-refractivity contribution >= 4 is 0 Å². The lowest BCUT2D eigenvalue weighted by atomic mass is 10.1. The van der Waals surface area contributed by atoms with Crippen LogP contribution in [0.15, 0.2) is 36.4 Å². The number of aliphatic hydroxyl groups is 1. The molecule has 0 aliphatic carbocycles. The summed E-state index contributed by atoms with van der Waals surface area (Å²) >= 11 is 0. The minimum Gasteiger partial charge on any atom is -0.496 e. The van der Waals surface area contributed by atoms with E-state index in [0.29, 0.717) is 16.9 Å². The Morgan fingerprint density at radius 2 is 1.81 bits per heavy atom. The number of rotatable bonds is 5. The first-order valence-electron chi connectivity index (χ1n) is 6.44. The van der Waals surface area contributed by atoms with Crippen LogP contribution in [0.3, 0.4) is 0 Å². The van der Waals surface area contributed by atoms with Crippen LogP contribution in [0.5, 0.6) is 11.5 Å². The predicted molar refractivity (Wildman–Crippen MR) is 74.3 cm³/mol. The van der Waals surface area contributed by atoms with Crippen molar-refractivity contribution < 1.29 is 23.4 Å². The largest absolute Gasteiger partial charge is 0.496 e. The van der Waals surface area contributed by atoms with Crippen LogP contribution in [0.1, 0.15) is 24.2 Å². The zero-order valence-corrected chi connectivity index (χ0v) is 11.8. The number of ether oxygens (including phenoxy) is 2. The second-order valence-corrected chi connectivity index (χ2v) is 4.59. The molecule has 112 valence electrons. The Morgan fingerprint density at radius 1 is 1.14 bits per heavy atom. The van der Waals surface area contributed by atoms with Crippen molar-refractivity contribution in [1.82, 2.24) is 0 Å². The van der Waals surface area contributed by atoms with E-state index in [1.165, 1.54) is 13.2 Å². The first-order chi connectivity index (χ1) is 10.0. The summed E-state index contributed by atoms with van der Waals surface area (Å²) in [6, 6.07) is 8.60. The van der Waals surface area contributed by atoms with Crippen molar-refractivity contribution in [3.8, 4) is 11.5 Å². The van der Waals surface area contributed by atoms with Crippen LogP contribution in [-0.4, -0.2) is 12.2 Å². The molecule has 3 nitrogen and oxygen atoms in total. The number of aliphatic hydroxyl groups excluding tert-OH is 1. The van der Waals surface area contributed by atoms with Crippen LogP contribution in [-0.2, 0) is 6.61 Å². The second-order valence-electron chi connectivity index (χ2n) is 4.59. The fourth-order valence-electron chi connectivity index (χ4n) is 1.94. The maximum Gasteiger partial charge on any atom is 0.191 e. The van der Waals surface area contributed by atoms with Crippen LogP contribution >= 0.6 is 0 Å². The number of para-hydroxylation sites is 1. The van der Waals surface area contributed by atoms with E-state index in [4.69, 9.17) is 9.47 Å². The number of benzene rings is 2. The van der Waals surface area contributed by atoms with Gasteiger partial charge in [0, 0.05) is 5.56 Å². The van der Waals surface area contributed by atoms with Gasteiger partial charge in [0.2, 0.25) is 0 Å². The number of halogens is 2. The Labute approximate surface area is 121 Å².